The van der Waals surface area contributed by atoms with E-state index in [1.165, 1.54) is 21.7 Å². The molecule has 0 amide bonds. The summed E-state index contributed by atoms with van der Waals surface area (Å²) in [5, 5.41) is 7.95. The molecule has 2 rings (SSSR count). The fourth-order valence-electron chi connectivity index (χ4n) is 1.18. The van der Waals surface area contributed by atoms with Crippen LogP contribution in [0, 0.1) is 0 Å². The topological polar surface area (TPSA) is 65.1 Å². The highest BCUT2D eigenvalue weighted by atomic mass is 16.2. The Bertz CT molecular complexity index is 518. The van der Waals surface area contributed by atoms with E-state index >= 15 is 0 Å². The van der Waals surface area contributed by atoms with Gasteiger partial charge in [0.1, 0.15) is 6.33 Å². The number of aromatic nitrogens is 5. The summed E-state index contributed by atoms with van der Waals surface area (Å²) < 4.78 is 2.63. The van der Waals surface area contributed by atoms with Crippen molar-refractivity contribution in [1.82, 2.24) is 24.4 Å². The van der Waals surface area contributed by atoms with Gasteiger partial charge in [-0.05, 0) is 20.8 Å². The predicted molar refractivity (Wildman–Crippen MR) is 50.0 cm³/mol. The normalized spacial score (nSPS) is 12.2. The summed E-state index contributed by atoms with van der Waals surface area (Å²) in [6.07, 6.45) is 2.83. The van der Waals surface area contributed by atoms with Gasteiger partial charge in [0.15, 0.2) is 5.65 Å². The van der Waals surface area contributed by atoms with Crippen LogP contribution in [0.3, 0.4) is 0 Å². The molecule has 2 aromatic heterocycles. The fourth-order valence-corrected chi connectivity index (χ4v) is 1.18. The molecule has 0 aromatic carbocycles. The zero-order valence-electron chi connectivity index (χ0n) is 8.30. The summed E-state index contributed by atoms with van der Waals surface area (Å²) in [6.45, 7) is 5.73. The molecule has 0 N–H and O–H groups in total. The molecule has 6 heteroatoms. The molecule has 0 saturated heterocycles. The SMILES string of the molecule is CC(C)(C)n1nc2cncnn2c1=O. The van der Waals surface area contributed by atoms with Crippen LogP contribution in [0.2, 0.25) is 0 Å². The number of rotatable bonds is 0. The minimum atomic E-state index is -0.342. The molecule has 0 aliphatic heterocycles. The van der Waals surface area contributed by atoms with Gasteiger partial charge in [-0.3, -0.25) is 0 Å². The molecule has 2 heterocycles. The van der Waals surface area contributed by atoms with E-state index in [2.05, 4.69) is 15.2 Å². The van der Waals surface area contributed by atoms with E-state index in [1.54, 1.807) is 0 Å². The van der Waals surface area contributed by atoms with E-state index in [0.717, 1.165) is 0 Å². The van der Waals surface area contributed by atoms with Crippen molar-refractivity contribution in [3.63, 3.8) is 0 Å². The van der Waals surface area contributed by atoms with Gasteiger partial charge in [0, 0.05) is 0 Å². The second-order valence-electron chi connectivity index (χ2n) is 4.04. The zero-order chi connectivity index (χ0) is 10.3. The predicted octanol–water partition coefficient (Wildman–Crippen LogP) is 0.0410. The Balaban J connectivity index is 2.82. The molecule has 0 radical (unpaired) electrons. The van der Waals surface area contributed by atoms with Crippen LogP contribution in [0.1, 0.15) is 20.8 Å². The van der Waals surface area contributed by atoms with E-state index in [9.17, 15) is 4.79 Å². The number of fused-ring (bicyclic) bond motifs is 1. The molecule has 0 saturated carbocycles. The van der Waals surface area contributed by atoms with Crippen molar-refractivity contribution in [2.75, 3.05) is 0 Å². The molecular weight excluding hydrogens is 182 g/mol. The first-order valence-corrected chi connectivity index (χ1v) is 4.29. The summed E-state index contributed by atoms with van der Waals surface area (Å²) in [6, 6.07) is 0. The second-order valence-corrected chi connectivity index (χ2v) is 4.04. The first kappa shape index (κ1) is 8.86. The minimum Gasteiger partial charge on any atom is -0.244 e. The molecule has 0 spiro atoms. The first-order valence-electron chi connectivity index (χ1n) is 4.29. The van der Waals surface area contributed by atoms with Gasteiger partial charge in [-0.25, -0.2) is 14.5 Å². The minimum absolute atomic E-state index is 0.241. The Morgan fingerprint density at radius 3 is 2.64 bits per heavy atom. The number of hydrogen-bond donors (Lipinski definition) is 0. The van der Waals surface area contributed by atoms with Crippen LogP contribution in [0.4, 0.5) is 0 Å². The Morgan fingerprint density at radius 1 is 1.36 bits per heavy atom. The lowest BCUT2D eigenvalue weighted by atomic mass is 10.1. The van der Waals surface area contributed by atoms with Crippen LogP contribution in [0.5, 0.6) is 0 Å². The van der Waals surface area contributed by atoms with Gasteiger partial charge < -0.3 is 0 Å². The quantitative estimate of drug-likeness (QED) is 0.592. The molecular formula is C8H11N5O. The molecule has 2 aromatic rings. The lowest BCUT2D eigenvalue weighted by Crippen LogP contribution is -2.34. The van der Waals surface area contributed by atoms with Crippen LogP contribution in [-0.4, -0.2) is 24.4 Å². The third kappa shape index (κ3) is 1.19. The summed E-state index contributed by atoms with van der Waals surface area (Å²) >= 11 is 0. The third-order valence-electron chi connectivity index (χ3n) is 1.84. The van der Waals surface area contributed by atoms with Crippen LogP contribution in [-0.2, 0) is 5.54 Å². The van der Waals surface area contributed by atoms with E-state index in [-0.39, 0.29) is 11.2 Å². The van der Waals surface area contributed by atoms with Crippen LogP contribution < -0.4 is 5.69 Å². The summed E-state index contributed by atoms with van der Waals surface area (Å²) in [5.41, 5.74) is -0.118. The monoisotopic (exact) mass is 193 g/mol. The van der Waals surface area contributed by atoms with Crippen LogP contribution in [0.15, 0.2) is 17.3 Å². The molecule has 0 fully saturated rings. The maximum absolute atomic E-state index is 11.7. The van der Waals surface area contributed by atoms with Crippen molar-refractivity contribution >= 4 is 5.65 Å². The molecule has 0 aliphatic rings. The van der Waals surface area contributed by atoms with E-state index in [0.29, 0.717) is 5.65 Å². The van der Waals surface area contributed by atoms with Crippen LogP contribution >= 0.6 is 0 Å². The first-order chi connectivity index (χ1) is 6.50. The Labute approximate surface area is 80.2 Å². The highest BCUT2D eigenvalue weighted by molar-refractivity contribution is 5.29. The van der Waals surface area contributed by atoms with Gasteiger partial charge in [-0.1, -0.05) is 0 Å². The maximum Gasteiger partial charge on any atom is 0.367 e. The smallest absolute Gasteiger partial charge is 0.244 e. The van der Waals surface area contributed by atoms with Crippen molar-refractivity contribution in [3.05, 3.63) is 23.0 Å². The number of nitrogens with zero attached hydrogens (tertiary/aromatic N) is 5. The lowest BCUT2D eigenvalue weighted by molar-refractivity contribution is 0.343. The fraction of sp³-hybridized carbons (Fsp3) is 0.500. The standard InChI is InChI=1S/C8H11N5O/c1-8(2,3)13-7(14)12-6(11-13)4-9-5-10-12/h4-5H,1-3H3. The van der Waals surface area contributed by atoms with Crippen LogP contribution in [0.25, 0.3) is 5.65 Å². The highest BCUT2D eigenvalue weighted by Crippen LogP contribution is 2.08. The van der Waals surface area contributed by atoms with Gasteiger partial charge in [0.25, 0.3) is 0 Å². The second kappa shape index (κ2) is 2.63. The van der Waals surface area contributed by atoms with Crippen molar-refractivity contribution in [2.24, 2.45) is 0 Å². The van der Waals surface area contributed by atoms with Crippen molar-refractivity contribution in [3.8, 4) is 0 Å². The summed E-state index contributed by atoms with van der Waals surface area (Å²) in [5.74, 6) is 0. The Morgan fingerprint density at radius 2 is 2.07 bits per heavy atom. The Hall–Kier alpha value is -1.72. The largest absolute Gasteiger partial charge is 0.367 e. The van der Waals surface area contributed by atoms with E-state index in [1.807, 2.05) is 20.8 Å². The summed E-state index contributed by atoms with van der Waals surface area (Å²) in [7, 11) is 0. The van der Waals surface area contributed by atoms with Gasteiger partial charge in [-0.2, -0.15) is 9.61 Å². The van der Waals surface area contributed by atoms with E-state index in [4.69, 9.17) is 0 Å². The van der Waals surface area contributed by atoms with Gasteiger partial charge >= 0.3 is 5.69 Å². The van der Waals surface area contributed by atoms with Crippen molar-refractivity contribution in [1.29, 1.82) is 0 Å². The average molecular weight is 193 g/mol. The summed E-state index contributed by atoms with van der Waals surface area (Å²) in [4.78, 5) is 15.6. The van der Waals surface area contributed by atoms with Gasteiger partial charge in [0.2, 0.25) is 0 Å². The molecule has 74 valence electrons. The van der Waals surface area contributed by atoms with Crippen molar-refractivity contribution in [2.45, 2.75) is 26.3 Å². The van der Waals surface area contributed by atoms with Crippen molar-refractivity contribution < 1.29 is 0 Å². The molecule has 0 unspecified atom stereocenters. The Kier molecular flexibility index (Phi) is 1.67. The molecule has 0 atom stereocenters. The molecule has 14 heavy (non-hydrogen) atoms. The molecule has 0 bridgehead atoms. The highest BCUT2D eigenvalue weighted by Gasteiger charge is 2.19. The maximum atomic E-state index is 11.7. The third-order valence-corrected chi connectivity index (χ3v) is 1.84. The van der Waals surface area contributed by atoms with Gasteiger partial charge in [-0.15, -0.1) is 5.10 Å². The van der Waals surface area contributed by atoms with Gasteiger partial charge in [0.05, 0.1) is 11.7 Å². The molecule has 0 aliphatic carbocycles. The zero-order valence-corrected chi connectivity index (χ0v) is 8.30. The van der Waals surface area contributed by atoms with E-state index < -0.39 is 0 Å². The average Bonchev–Trinajstić information content (AvgIpc) is 2.44. The lowest BCUT2D eigenvalue weighted by Gasteiger charge is -2.16. The molecule has 6 nitrogen and oxygen atoms in total. The number of hydrogen-bond acceptors (Lipinski definition) is 4.